The van der Waals surface area contributed by atoms with Crippen LogP contribution in [0.4, 0.5) is 0 Å². The van der Waals surface area contributed by atoms with Gasteiger partial charge in [0.2, 0.25) is 0 Å². The minimum Gasteiger partial charge on any atom is -0.480 e. The minimum atomic E-state index is -3.57. The van der Waals surface area contributed by atoms with Crippen LogP contribution in [-0.2, 0) is 21.5 Å². The molecule has 138 valence electrons. The summed E-state index contributed by atoms with van der Waals surface area (Å²) in [5, 5.41) is 9.60. The first-order chi connectivity index (χ1) is 12.0. The van der Waals surface area contributed by atoms with E-state index >= 15 is 0 Å². The SMILES string of the molecule is O=C(O)C1CN(S(=O)(=O)N2CCCCC2)CCN1Cc1ccccc1. The zero-order valence-corrected chi connectivity index (χ0v) is 15.1. The number of aliphatic carboxylic acids is 1. The molecule has 1 atom stereocenters. The summed E-state index contributed by atoms with van der Waals surface area (Å²) in [6.07, 6.45) is 2.79. The first-order valence-electron chi connectivity index (χ1n) is 8.74. The van der Waals surface area contributed by atoms with Crippen molar-refractivity contribution in [1.29, 1.82) is 0 Å². The Bertz CT molecular complexity index is 689. The van der Waals surface area contributed by atoms with Gasteiger partial charge in [0.1, 0.15) is 6.04 Å². The second-order valence-electron chi connectivity index (χ2n) is 6.64. The van der Waals surface area contributed by atoms with Crippen molar-refractivity contribution in [3.05, 3.63) is 35.9 Å². The molecule has 1 aromatic rings. The van der Waals surface area contributed by atoms with Crippen LogP contribution in [0, 0.1) is 0 Å². The molecular formula is C17H25N3O4S. The molecule has 7 nitrogen and oxygen atoms in total. The summed E-state index contributed by atoms with van der Waals surface area (Å²) in [4.78, 5) is 13.6. The second kappa shape index (κ2) is 7.82. The average molecular weight is 367 g/mol. The maximum absolute atomic E-state index is 12.8. The molecule has 2 aliphatic rings. The zero-order valence-electron chi connectivity index (χ0n) is 14.2. The highest BCUT2D eigenvalue weighted by Gasteiger charge is 2.39. The van der Waals surface area contributed by atoms with Crippen molar-refractivity contribution in [3.63, 3.8) is 0 Å². The van der Waals surface area contributed by atoms with E-state index in [1.165, 1.54) is 8.61 Å². The van der Waals surface area contributed by atoms with Gasteiger partial charge >= 0.3 is 5.97 Å². The molecule has 2 heterocycles. The molecule has 2 aliphatic heterocycles. The van der Waals surface area contributed by atoms with E-state index in [0.29, 0.717) is 32.7 Å². The second-order valence-corrected chi connectivity index (χ2v) is 8.56. The maximum Gasteiger partial charge on any atom is 0.322 e. The molecule has 0 spiro atoms. The molecule has 2 fully saturated rings. The van der Waals surface area contributed by atoms with Crippen LogP contribution in [-0.4, -0.2) is 71.8 Å². The summed E-state index contributed by atoms with van der Waals surface area (Å²) in [5.41, 5.74) is 1.03. The first kappa shape index (κ1) is 18.3. The lowest BCUT2D eigenvalue weighted by molar-refractivity contribution is -0.145. The number of piperidine rings is 1. The molecule has 0 radical (unpaired) electrons. The number of benzene rings is 1. The molecule has 0 bridgehead atoms. The first-order valence-corrected chi connectivity index (χ1v) is 10.1. The van der Waals surface area contributed by atoms with Crippen molar-refractivity contribution >= 4 is 16.2 Å². The average Bonchev–Trinajstić information content (AvgIpc) is 2.63. The monoisotopic (exact) mass is 367 g/mol. The summed E-state index contributed by atoms with van der Waals surface area (Å²) in [6.45, 7) is 2.32. The maximum atomic E-state index is 12.8. The summed E-state index contributed by atoms with van der Waals surface area (Å²) < 4.78 is 28.5. The Balaban J connectivity index is 1.71. The van der Waals surface area contributed by atoms with Gasteiger partial charge in [0.05, 0.1) is 0 Å². The predicted molar refractivity (Wildman–Crippen MR) is 94.2 cm³/mol. The van der Waals surface area contributed by atoms with Crippen LogP contribution in [0.1, 0.15) is 24.8 Å². The van der Waals surface area contributed by atoms with E-state index in [0.717, 1.165) is 24.8 Å². The number of nitrogens with zero attached hydrogens (tertiary/aromatic N) is 3. The third kappa shape index (κ3) is 4.20. The van der Waals surface area contributed by atoms with Gasteiger partial charge in [-0.25, -0.2) is 0 Å². The van der Waals surface area contributed by atoms with E-state index < -0.39 is 22.2 Å². The number of carboxylic acid groups (broad SMARTS) is 1. The van der Waals surface area contributed by atoms with Crippen LogP contribution in [0.5, 0.6) is 0 Å². The van der Waals surface area contributed by atoms with E-state index in [-0.39, 0.29) is 6.54 Å². The summed E-state index contributed by atoms with van der Waals surface area (Å²) >= 11 is 0. The van der Waals surface area contributed by atoms with E-state index in [1.54, 1.807) is 0 Å². The normalized spacial score (nSPS) is 24.2. The van der Waals surface area contributed by atoms with Gasteiger partial charge in [0, 0.05) is 39.3 Å². The van der Waals surface area contributed by atoms with E-state index in [1.807, 2.05) is 35.2 Å². The van der Waals surface area contributed by atoms with Gasteiger partial charge in [-0.1, -0.05) is 36.8 Å². The molecule has 0 aliphatic carbocycles. The zero-order chi connectivity index (χ0) is 17.9. The number of hydrogen-bond donors (Lipinski definition) is 1. The van der Waals surface area contributed by atoms with Crippen molar-refractivity contribution < 1.29 is 18.3 Å². The third-order valence-corrected chi connectivity index (χ3v) is 6.94. The summed E-state index contributed by atoms with van der Waals surface area (Å²) in [5.74, 6) is -0.977. The van der Waals surface area contributed by atoms with Crippen LogP contribution in [0.3, 0.4) is 0 Å². The van der Waals surface area contributed by atoms with Gasteiger partial charge in [-0.15, -0.1) is 0 Å². The van der Waals surface area contributed by atoms with E-state index in [2.05, 4.69) is 0 Å². The van der Waals surface area contributed by atoms with Crippen LogP contribution >= 0.6 is 0 Å². The van der Waals surface area contributed by atoms with Gasteiger partial charge in [-0.05, 0) is 18.4 Å². The Kier molecular flexibility index (Phi) is 5.73. The standard InChI is InChI=1S/C17H25N3O4S/c21-17(22)16-14-20(25(23,24)19-9-5-2-6-10-19)12-11-18(16)13-15-7-3-1-4-8-15/h1,3-4,7-8,16H,2,5-6,9-14H2,(H,21,22). The number of hydrogen-bond acceptors (Lipinski definition) is 4. The van der Waals surface area contributed by atoms with Crippen molar-refractivity contribution in [1.82, 2.24) is 13.5 Å². The van der Waals surface area contributed by atoms with Crippen LogP contribution < -0.4 is 0 Å². The van der Waals surface area contributed by atoms with Crippen LogP contribution in [0.15, 0.2) is 30.3 Å². The van der Waals surface area contributed by atoms with Crippen molar-refractivity contribution in [3.8, 4) is 0 Å². The minimum absolute atomic E-state index is 0.000992. The lowest BCUT2D eigenvalue weighted by Crippen LogP contribution is -2.59. The van der Waals surface area contributed by atoms with Crippen molar-refractivity contribution in [2.45, 2.75) is 31.8 Å². The Morgan fingerprint density at radius 2 is 1.68 bits per heavy atom. The fourth-order valence-corrected chi connectivity index (χ4v) is 5.19. The molecule has 2 saturated heterocycles. The van der Waals surface area contributed by atoms with Crippen LogP contribution in [0.2, 0.25) is 0 Å². The van der Waals surface area contributed by atoms with Gasteiger partial charge in [0.15, 0.2) is 0 Å². The molecule has 0 aromatic heterocycles. The van der Waals surface area contributed by atoms with Gasteiger partial charge in [-0.2, -0.15) is 17.0 Å². The summed E-state index contributed by atoms with van der Waals surface area (Å²) in [6, 6.07) is 8.84. The highest BCUT2D eigenvalue weighted by atomic mass is 32.2. The molecule has 25 heavy (non-hydrogen) atoms. The number of carbonyl (C=O) groups is 1. The van der Waals surface area contributed by atoms with Crippen molar-refractivity contribution in [2.75, 3.05) is 32.7 Å². The van der Waals surface area contributed by atoms with Crippen LogP contribution in [0.25, 0.3) is 0 Å². The Morgan fingerprint density at radius 1 is 1.00 bits per heavy atom. The largest absolute Gasteiger partial charge is 0.480 e. The number of rotatable bonds is 5. The lowest BCUT2D eigenvalue weighted by Gasteiger charge is -2.41. The Morgan fingerprint density at radius 3 is 2.32 bits per heavy atom. The molecule has 0 saturated carbocycles. The number of carboxylic acids is 1. The number of piperazine rings is 1. The molecule has 1 unspecified atom stereocenters. The van der Waals surface area contributed by atoms with E-state index in [4.69, 9.17) is 0 Å². The topological polar surface area (TPSA) is 81.2 Å². The fraction of sp³-hybridized carbons (Fsp3) is 0.588. The Labute approximate surface area is 149 Å². The van der Waals surface area contributed by atoms with Gasteiger partial charge in [-0.3, -0.25) is 9.69 Å². The molecule has 8 heteroatoms. The van der Waals surface area contributed by atoms with Crippen molar-refractivity contribution in [2.24, 2.45) is 0 Å². The highest BCUT2D eigenvalue weighted by molar-refractivity contribution is 7.86. The fourth-order valence-electron chi connectivity index (χ4n) is 3.51. The quantitative estimate of drug-likeness (QED) is 0.839. The third-order valence-electron chi connectivity index (χ3n) is 4.94. The van der Waals surface area contributed by atoms with Gasteiger partial charge in [0.25, 0.3) is 10.2 Å². The smallest absolute Gasteiger partial charge is 0.322 e. The highest BCUT2D eigenvalue weighted by Crippen LogP contribution is 2.21. The van der Waals surface area contributed by atoms with Gasteiger partial charge < -0.3 is 5.11 Å². The predicted octanol–water partition coefficient (Wildman–Crippen LogP) is 0.988. The van der Waals surface area contributed by atoms with E-state index in [9.17, 15) is 18.3 Å². The molecule has 1 aromatic carbocycles. The molecule has 3 rings (SSSR count). The lowest BCUT2D eigenvalue weighted by atomic mass is 10.1. The molecule has 0 amide bonds. The molecular weight excluding hydrogens is 342 g/mol. The summed E-state index contributed by atoms with van der Waals surface area (Å²) in [7, 11) is -3.57. The molecule has 1 N–H and O–H groups in total. The Hall–Kier alpha value is -1.48.